The number of hydrogen-bond donors (Lipinski definition) is 1. The fraction of sp³-hybridized carbons (Fsp3) is 0.188. The quantitative estimate of drug-likeness (QED) is 0.529. The Labute approximate surface area is 157 Å². The van der Waals surface area contributed by atoms with E-state index in [4.69, 9.17) is 0 Å². The molecule has 0 atom stereocenters. The number of nitrogens with zero attached hydrogens (tertiary/aromatic N) is 9. The normalized spacial score (nSPS) is 11.0. The van der Waals surface area contributed by atoms with Gasteiger partial charge in [-0.15, -0.1) is 0 Å². The molecule has 0 amide bonds. The molecule has 0 fully saturated rings. The minimum atomic E-state index is -1.70. The first-order valence-electron chi connectivity index (χ1n) is 7.94. The summed E-state index contributed by atoms with van der Waals surface area (Å²) in [4.78, 5) is 18.3. The Bertz CT molecular complexity index is 902. The Morgan fingerprint density at radius 3 is 1.71 bits per heavy atom. The van der Waals surface area contributed by atoms with Gasteiger partial charge in [-0.05, 0) is 6.07 Å². The maximum Gasteiger partial charge on any atom is 0.137 e. The summed E-state index contributed by atoms with van der Waals surface area (Å²) in [6.07, 6.45) is 9.71. The largest absolute Gasteiger partial charge is 0.381 e. The van der Waals surface area contributed by atoms with Crippen LogP contribution in [0.3, 0.4) is 0 Å². The van der Waals surface area contributed by atoms with Crippen LogP contribution in [0.25, 0.3) is 0 Å². The lowest BCUT2D eigenvalue weighted by Crippen LogP contribution is -2.37. The van der Waals surface area contributed by atoms with Crippen molar-refractivity contribution in [1.29, 1.82) is 0 Å². The molecule has 144 valence electrons. The van der Waals surface area contributed by atoms with E-state index in [1.165, 1.54) is 59.7 Å². The first-order valence-corrected chi connectivity index (χ1v) is 7.94. The van der Waals surface area contributed by atoms with Crippen molar-refractivity contribution < 1.29 is 13.9 Å². The zero-order chi connectivity index (χ0) is 19.8. The van der Waals surface area contributed by atoms with Crippen LogP contribution in [0.15, 0.2) is 62.5 Å². The van der Waals surface area contributed by atoms with Crippen molar-refractivity contribution in [2.75, 3.05) is 0 Å². The van der Waals surface area contributed by atoms with Crippen molar-refractivity contribution >= 4 is 0 Å². The van der Waals surface area contributed by atoms with E-state index in [2.05, 4.69) is 35.1 Å². The van der Waals surface area contributed by atoms with Crippen LogP contribution in [0, 0.1) is 11.6 Å². The topological polar surface area (TPSA) is 120 Å². The van der Waals surface area contributed by atoms with Gasteiger partial charge in [-0.3, -0.25) is 0 Å². The third kappa shape index (κ3) is 4.94. The zero-order valence-electron chi connectivity index (χ0n) is 14.4. The van der Waals surface area contributed by atoms with Crippen LogP contribution in [0.2, 0.25) is 0 Å². The second kappa shape index (κ2) is 8.81. The number of aromatic nitrogens is 9. The fourth-order valence-electron chi connectivity index (χ4n) is 2.46. The molecular weight excluding hydrogens is 372 g/mol. The predicted molar refractivity (Wildman–Crippen MR) is 90.1 cm³/mol. The molecule has 0 saturated heterocycles. The Balaban J connectivity index is 0.000000320. The highest BCUT2D eigenvalue weighted by atomic mass is 19.1. The van der Waals surface area contributed by atoms with E-state index in [1.54, 1.807) is 0 Å². The van der Waals surface area contributed by atoms with Gasteiger partial charge in [0, 0.05) is 11.6 Å². The number of aliphatic hydroxyl groups is 1. The SMILES string of the molecule is OC(Cn1cncn1)(Cn1cncn1)c1ccc(F)cc1F.c1ncncn1. The van der Waals surface area contributed by atoms with Gasteiger partial charge in [0.25, 0.3) is 0 Å². The summed E-state index contributed by atoms with van der Waals surface area (Å²) in [6.45, 7) is -0.148. The highest BCUT2D eigenvalue weighted by Gasteiger charge is 2.34. The summed E-state index contributed by atoms with van der Waals surface area (Å²) in [7, 11) is 0. The monoisotopic (exact) mass is 387 g/mol. The molecular formula is C16H15F2N9O. The second-order valence-corrected chi connectivity index (χ2v) is 5.64. The van der Waals surface area contributed by atoms with Crippen molar-refractivity contribution in [1.82, 2.24) is 44.5 Å². The van der Waals surface area contributed by atoms with E-state index in [-0.39, 0.29) is 18.7 Å². The van der Waals surface area contributed by atoms with E-state index >= 15 is 0 Å². The van der Waals surface area contributed by atoms with Crippen LogP contribution in [-0.4, -0.2) is 49.6 Å². The lowest BCUT2D eigenvalue weighted by Gasteiger charge is -2.28. The third-order valence-electron chi connectivity index (χ3n) is 3.61. The summed E-state index contributed by atoms with van der Waals surface area (Å²) >= 11 is 0. The molecule has 3 aromatic heterocycles. The van der Waals surface area contributed by atoms with Gasteiger partial charge >= 0.3 is 0 Å². The highest BCUT2D eigenvalue weighted by molar-refractivity contribution is 5.25. The van der Waals surface area contributed by atoms with Crippen LogP contribution >= 0.6 is 0 Å². The molecule has 0 bridgehead atoms. The van der Waals surface area contributed by atoms with Crippen molar-refractivity contribution in [3.63, 3.8) is 0 Å². The maximum atomic E-state index is 14.1. The van der Waals surface area contributed by atoms with Crippen LogP contribution in [-0.2, 0) is 18.7 Å². The lowest BCUT2D eigenvalue weighted by atomic mass is 9.93. The van der Waals surface area contributed by atoms with Gasteiger partial charge in [-0.1, -0.05) is 6.07 Å². The summed E-state index contributed by atoms with van der Waals surface area (Å²) in [5, 5.41) is 18.8. The average Bonchev–Trinajstić information content (AvgIpc) is 3.37. The number of hydrogen-bond acceptors (Lipinski definition) is 8. The Kier molecular flexibility index (Phi) is 6.01. The van der Waals surface area contributed by atoms with Gasteiger partial charge < -0.3 is 5.11 Å². The summed E-state index contributed by atoms with van der Waals surface area (Å²) in [5.74, 6) is -1.56. The van der Waals surface area contributed by atoms with Crippen molar-refractivity contribution in [3.8, 4) is 0 Å². The van der Waals surface area contributed by atoms with Crippen LogP contribution < -0.4 is 0 Å². The molecule has 4 aromatic rings. The molecule has 0 spiro atoms. The maximum absolute atomic E-state index is 14.1. The Morgan fingerprint density at radius 2 is 1.32 bits per heavy atom. The lowest BCUT2D eigenvalue weighted by molar-refractivity contribution is -0.00855. The van der Waals surface area contributed by atoms with E-state index in [9.17, 15) is 13.9 Å². The van der Waals surface area contributed by atoms with Crippen LogP contribution in [0.4, 0.5) is 8.78 Å². The predicted octanol–water partition coefficient (Wildman–Crippen LogP) is 0.607. The van der Waals surface area contributed by atoms with Gasteiger partial charge in [0.05, 0.1) is 13.1 Å². The van der Waals surface area contributed by atoms with Crippen molar-refractivity contribution in [2.24, 2.45) is 0 Å². The molecule has 1 N–H and O–H groups in total. The van der Waals surface area contributed by atoms with Gasteiger partial charge in [-0.25, -0.2) is 43.1 Å². The minimum Gasteiger partial charge on any atom is -0.381 e. The van der Waals surface area contributed by atoms with Crippen LogP contribution in [0.5, 0.6) is 0 Å². The number of benzene rings is 1. The van der Waals surface area contributed by atoms with Crippen LogP contribution in [0.1, 0.15) is 5.56 Å². The third-order valence-corrected chi connectivity index (χ3v) is 3.61. The van der Waals surface area contributed by atoms with Gasteiger partial charge in [0.1, 0.15) is 61.5 Å². The molecule has 0 saturated carbocycles. The molecule has 3 heterocycles. The van der Waals surface area contributed by atoms with Gasteiger partial charge in [0.15, 0.2) is 0 Å². The summed E-state index contributed by atoms with van der Waals surface area (Å²) in [5.41, 5.74) is -1.75. The van der Waals surface area contributed by atoms with E-state index < -0.39 is 17.2 Å². The summed E-state index contributed by atoms with van der Waals surface area (Å²) < 4.78 is 29.9. The summed E-state index contributed by atoms with van der Waals surface area (Å²) in [6, 6.07) is 3.02. The molecule has 0 aliphatic heterocycles. The molecule has 12 heteroatoms. The van der Waals surface area contributed by atoms with E-state index in [0.29, 0.717) is 0 Å². The highest BCUT2D eigenvalue weighted by Crippen LogP contribution is 2.28. The average molecular weight is 387 g/mol. The molecule has 10 nitrogen and oxygen atoms in total. The zero-order valence-corrected chi connectivity index (χ0v) is 14.4. The van der Waals surface area contributed by atoms with Crippen molar-refractivity contribution in [3.05, 3.63) is 79.7 Å². The molecule has 28 heavy (non-hydrogen) atoms. The van der Waals surface area contributed by atoms with Gasteiger partial charge in [0.2, 0.25) is 0 Å². The molecule has 0 radical (unpaired) electrons. The number of rotatable bonds is 5. The Morgan fingerprint density at radius 1 is 0.786 bits per heavy atom. The van der Waals surface area contributed by atoms with Crippen molar-refractivity contribution in [2.45, 2.75) is 18.7 Å². The molecule has 4 rings (SSSR count). The Hall–Kier alpha value is -3.67. The standard InChI is InChI=1S/C13H12F2N6O.C3H3N3/c14-10-1-2-11(12(15)3-10)13(22,4-20-8-16-6-18-20)5-21-9-17-7-19-21;1-4-2-6-3-5-1/h1-3,6-9,22H,4-5H2;1-3H. The van der Waals surface area contributed by atoms with E-state index in [0.717, 1.165) is 12.1 Å². The fourth-order valence-corrected chi connectivity index (χ4v) is 2.46. The smallest absolute Gasteiger partial charge is 0.137 e. The molecule has 0 aliphatic rings. The second-order valence-electron chi connectivity index (χ2n) is 5.64. The van der Waals surface area contributed by atoms with Gasteiger partial charge in [-0.2, -0.15) is 10.2 Å². The van der Waals surface area contributed by atoms with E-state index in [1.807, 2.05) is 0 Å². The first kappa shape index (κ1) is 19.1. The molecule has 0 unspecified atom stereocenters. The first-order chi connectivity index (χ1) is 13.6. The number of halogens is 2. The molecule has 1 aromatic carbocycles. The minimum absolute atomic E-state index is 0.0556. The molecule has 0 aliphatic carbocycles.